The lowest BCUT2D eigenvalue weighted by Crippen LogP contribution is -2.54. The predicted molar refractivity (Wildman–Crippen MR) is 103 cm³/mol. The van der Waals surface area contributed by atoms with Gasteiger partial charge in [0.15, 0.2) is 0 Å². The predicted octanol–water partition coefficient (Wildman–Crippen LogP) is 3.14. The second-order valence-electron chi connectivity index (χ2n) is 8.70. The molecule has 144 valence electrons. The van der Waals surface area contributed by atoms with Gasteiger partial charge >= 0.3 is 6.09 Å². The summed E-state index contributed by atoms with van der Waals surface area (Å²) < 4.78 is 5.17. The zero-order valence-corrected chi connectivity index (χ0v) is 16.2. The molecule has 1 amide bonds. The fraction of sp³-hybridized carbons (Fsp3) is 0.762. The van der Waals surface area contributed by atoms with E-state index in [0.717, 1.165) is 31.5 Å². The standard InChI is InChI=1S/C21H33N3O2/c1-3-26-20(25)24-11-7-21(15-24)13-19(14-21)23-9-5-17(6-10-23)18-4-8-22-16(2)12-18/h4,8,12,16-17,19,22H,3,5-7,9-11,13-15H2,1-2H3. The quantitative estimate of drug-likeness (QED) is 0.841. The smallest absolute Gasteiger partial charge is 0.409 e. The van der Waals surface area contributed by atoms with E-state index in [-0.39, 0.29) is 6.09 Å². The first-order valence-corrected chi connectivity index (χ1v) is 10.4. The maximum absolute atomic E-state index is 11.9. The Balaban J connectivity index is 1.24. The molecule has 0 bridgehead atoms. The number of allylic oxidation sites excluding steroid dienone is 2. The molecule has 0 radical (unpaired) electrons. The Morgan fingerprint density at radius 3 is 2.77 bits per heavy atom. The van der Waals surface area contributed by atoms with Crippen LogP contribution < -0.4 is 5.32 Å². The molecule has 5 nitrogen and oxygen atoms in total. The molecule has 1 aliphatic carbocycles. The molecular weight excluding hydrogens is 326 g/mol. The van der Waals surface area contributed by atoms with Gasteiger partial charge in [0, 0.05) is 25.2 Å². The monoisotopic (exact) mass is 359 g/mol. The number of hydrogen-bond acceptors (Lipinski definition) is 4. The highest BCUT2D eigenvalue weighted by Gasteiger charge is 2.51. The van der Waals surface area contributed by atoms with Crippen LogP contribution in [0, 0.1) is 11.3 Å². The largest absolute Gasteiger partial charge is 0.450 e. The molecule has 3 aliphatic heterocycles. The van der Waals surface area contributed by atoms with Gasteiger partial charge in [0.25, 0.3) is 0 Å². The highest BCUT2D eigenvalue weighted by atomic mass is 16.6. The molecule has 0 aromatic carbocycles. The zero-order valence-electron chi connectivity index (χ0n) is 16.2. The van der Waals surface area contributed by atoms with E-state index in [1.807, 2.05) is 11.8 Å². The highest BCUT2D eigenvalue weighted by Crippen LogP contribution is 2.50. The van der Waals surface area contributed by atoms with Crippen molar-refractivity contribution in [3.63, 3.8) is 0 Å². The van der Waals surface area contributed by atoms with E-state index in [9.17, 15) is 4.79 Å². The van der Waals surface area contributed by atoms with Crippen molar-refractivity contribution in [2.45, 2.75) is 58.0 Å². The number of rotatable bonds is 3. The minimum Gasteiger partial charge on any atom is -0.450 e. The molecule has 1 unspecified atom stereocenters. The molecule has 4 rings (SSSR count). The van der Waals surface area contributed by atoms with Gasteiger partial charge in [-0.1, -0.05) is 6.08 Å². The average Bonchev–Trinajstić information content (AvgIpc) is 3.07. The summed E-state index contributed by atoms with van der Waals surface area (Å²) >= 11 is 0. The minimum atomic E-state index is -0.119. The van der Waals surface area contributed by atoms with Crippen molar-refractivity contribution in [2.24, 2.45) is 11.3 Å². The molecule has 3 fully saturated rings. The van der Waals surface area contributed by atoms with Crippen LogP contribution in [0.5, 0.6) is 0 Å². The Kier molecular flexibility index (Phi) is 5.00. The van der Waals surface area contributed by atoms with Crippen molar-refractivity contribution in [3.8, 4) is 0 Å². The third kappa shape index (κ3) is 3.51. The second-order valence-corrected chi connectivity index (χ2v) is 8.70. The number of nitrogens with zero attached hydrogens (tertiary/aromatic N) is 2. The summed E-state index contributed by atoms with van der Waals surface area (Å²) in [6.07, 6.45) is 12.9. The molecule has 0 aromatic heterocycles. The third-order valence-corrected chi connectivity index (χ3v) is 6.90. The third-order valence-electron chi connectivity index (χ3n) is 6.90. The molecule has 4 aliphatic rings. The fourth-order valence-corrected chi connectivity index (χ4v) is 5.40. The number of carbonyl (C=O) groups is 1. The summed E-state index contributed by atoms with van der Waals surface area (Å²) in [7, 11) is 0. The van der Waals surface area contributed by atoms with Crippen LogP contribution in [0.25, 0.3) is 0 Å². The molecule has 2 saturated heterocycles. The van der Waals surface area contributed by atoms with Crippen molar-refractivity contribution in [2.75, 3.05) is 32.8 Å². The van der Waals surface area contributed by atoms with E-state index in [2.05, 4.69) is 35.5 Å². The van der Waals surface area contributed by atoms with Crippen LogP contribution in [-0.4, -0.2) is 60.8 Å². The summed E-state index contributed by atoms with van der Waals surface area (Å²) in [6.45, 7) is 8.79. The Morgan fingerprint density at radius 2 is 2.08 bits per heavy atom. The van der Waals surface area contributed by atoms with Crippen LogP contribution in [0.2, 0.25) is 0 Å². The fourth-order valence-electron chi connectivity index (χ4n) is 5.40. The van der Waals surface area contributed by atoms with Gasteiger partial charge < -0.3 is 19.9 Å². The van der Waals surface area contributed by atoms with E-state index >= 15 is 0 Å². The first-order valence-electron chi connectivity index (χ1n) is 10.4. The lowest BCUT2D eigenvalue weighted by molar-refractivity contribution is -0.00688. The molecule has 5 heteroatoms. The van der Waals surface area contributed by atoms with E-state index < -0.39 is 0 Å². The molecule has 1 saturated carbocycles. The molecule has 3 heterocycles. The van der Waals surface area contributed by atoms with Gasteiger partial charge in [-0.15, -0.1) is 0 Å². The van der Waals surface area contributed by atoms with Crippen molar-refractivity contribution in [3.05, 3.63) is 23.9 Å². The Hall–Kier alpha value is -1.49. The summed E-state index contributed by atoms with van der Waals surface area (Å²) in [5.41, 5.74) is 1.91. The van der Waals surface area contributed by atoms with Crippen LogP contribution in [0.1, 0.15) is 46.0 Å². The van der Waals surface area contributed by atoms with Crippen molar-refractivity contribution in [1.29, 1.82) is 0 Å². The first kappa shape index (κ1) is 17.9. The number of hydrogen-bond donors (Lipinski definition) is 1. The zero-order chi connectivity index (χ0) is 18.1. The summed E-state index contributed by atoms with van der Waals surface area (Å²) in [4.78, 5) is 16.6. The number of piperidine rings is 1. The number of carbonyl (C=O) groups excluding carboxylic acids is 1. The number of nitrogens with one attached hydrogen (secondary N) is 1. The number of ether oxygens (including phenoxy) is 1. The SMILES string of the molecule is CCOC(=O)N1CCC2(CC(N3CCC(C4=CC(C)NC=C4)CC3)C2)C1. The molecule has 1 atom stereocenters. The van der Waals surface area contributed by atoms with E-state index in [4.69, 9.17) is 4.74 Å². The molecule has 0 aromatic rings. The summed E-state index contributed by atoms with van der Waals surface area (Å²) in [5, 5.41) is 3.34. The highest BCUT2D eigenvalue weighted by molar-refractivity contribution is 5.68. The maximum atomic E-state index is 11.9. The van der Waals surface area contributed by atoms with Crippen LogP contribution >= 0.6 is 0 Å². The van der Waals surface area contributed by atoms with E-state index in [0.29, 0.717) is 18.1 Å². The lowest BCUT2D eigenvalue weighted by atomic mass is 9.64. The number of likely N-dealkylation sites (tertiary alicyclic amines) is 2. The minimum absolute atomic E-state index is 0.119. The number of dihydropyridines is 1. The van der Waals surface area contributed by atoms with Crippen LogP contribution in [0.15, 0.2) is 23.9 Å². The molecule has 26 heavy (non-hydrogen) atoms. The lowest BCUT2D eigenvalue weighted by Gasteiger charge is -2.51. The van der Waals surface area contributed by atoms with Gasteiger partial charge in [-0.2, -0.15) is 0 Å². The van der Waals surface area contributed by atoms with Gasteiger partial charge in [-0.25, -0.2) is 4.79 Å². The van der Waals surface area contributed by atoms with Gasteiger partial charge in [0.05, 0.1) is 6.61 Å². The molecule has 1 N–H and O–H groups in total. The van der Waals surface area contributed by atoms with Crippen molar-refractivity contribution in [1.82, 2.24) is 15.1 Å². The van der Waals surface area contributed by atoms with Gasteiger partial charge in [-0.3, -0.25) is 0 Å². The Bertz CT molecular complexity index is 586. The van der Waals surface area contributed by atoms with Crippen LogP contribution in [0.3, 0.4) is 0 Å². The summed E-state index contributed by atoms with van der Waals surface area (Å²) in [6, 6.07) is 1.19. The van der Waals surface area contributed by atoms with Crippen molar-refractivity contribution >= 4 is 6.09 Å². The number of amides is 1. The normalized spacial score (nSPS) is 35.2. The van der Waals surface area contributed by atoms with Gasteiger partial charge in [0.1, 0.15) is 0 Å². The average molecular weight is 360 g/mol. The maximum Gasteiger partial charge on any atom is 0.409 e. The second kappa shape index (κ2) is 7.26. The van der Waals surface area contributed by atoms with Crippen LogP contribution in [0.4, 0.5) is 4.79 Å². The Morgan fingerprint density at radius 1 is 1.31 bits per heavy atom. The van der Waals surface area contributed by atoms with Crippen molar-refractivity contribution < 1.29 is 9.53 Å². The first-order chi connectivity index (χ1) is 12.6. The van der Waals surface area contributed by atoms with E-state index in [1.165, 1.54) is 44.3 Å². The molecular formula is C21H33N3O2. The molecule has 1 spiro atoms. The summed E-state index contributed by atoms with van der Waals surface area (Å²) in [5.74, 6) is 0.729. The van der Waals surface area contributed by atoms with Gasteiger partial charge in [-0.05, 0) is 88.2 Å². The van der Waals surface area contributed by atoms with Gasteiger partial charge in [0.2, 0.25) is 0 Å². The van der Waals surface area contributed by atoms with Crippen LogP contribution in [-0.2, 0) is 4.74 Å². The Labute approximate surface area is 157 Å². The topological polar surface area (TPSA) is 44.8 Å². The van der Waals surface area contributed by atoms with E-state index in [1.54, 1.807) is 0 Å².